The molecule has 1 aliphatic heterocycles. The molecule has 3 aromatic rings. The normalized spacial score (nSPS) is 13.9. The number of piperazine rings is 1. The van der Waals surface area contributed by atoms with E-state index >= 15 is 0 Å². The number of amides is 1. The molecule has 1 aromatic heterocycles. The fourth-order valence-corrected chi connectivity index (χ4v) is 3.66. The highest BCUT2D eigenvalue weighted by molar-refractivity contribution is 5.93. The summed E-state index contributed by atoms with van der Waals surface area (Å²) in [4.78, 5) is 21.5. The molecule has 0 saturated carbocycles. The van der Waals surface area contributed by atoms with Gasteiger partial charge in [-0.25, -0.2) is 0 Å². The van der Waals surface area contributed by atoms with E-state index in [1.165, 1.54) is 11.3 Å². The third-order valence-electron chi connectivity index (χ3n) is 5.28. The van der Waals surface area contributed by atoms with Crippen LogP contribution in [0.4, 0.5) is 11.4 Å². The summed E-state index contributed by atoms with van der Waals surface area (Å²) >= 11 is 0. The molecular weight excluding hydrogens is 360 g/mol. The van der Waals surface area contributed by atoms with Crippen LogP contribution < -0.4 is 15.1 Å². The Balaban J connectivity index is 1.32. The number of pyridine rings is 1. The molecule has 148 valence electrons. The van der Waals surface area contributed by atoms with Gasteiger partial charge in [0.2, 0.25) is 0 Å². The number of rotatable bonds is 6. The van der Waals surface area contributed by atoms with E-state index in [1.807, 2.05) is 36.4 Å². The van der Waals surface area contributed by atoms with Gasteiger partial charge in [0.1, 0.15) is 5.69 Å². The van der Waals surface area contributed by atoms with Crippen molar-refractivity contribution in [2.45, 2.75) is 6.42 Å². The first kappa shape index (κ1) is 19.0. The van der Waals surface area contributed by atoms with Crippen LogP contribution in [0.25, 0.3) is 0 Å². The van der Waals surface area contributed by atoms with Gasteiger partial charge in [0, 0.05) is 50.3 Å². The summed E-state index contributed by atoms with van der Waals surface area (Å²) in [5, 5.41) is 2.98. The quantitative estimate of drug-likeness (QED) is 0.706. The highest BCUT2D eigenvalue weighted by Gasteiger charge is 2.18. The monoisotopic (exact) mass is 386 g/mol. The third-order valence-corrected chi connectivity index (χ3v) is 5.28. The van der Waals surface area contributed by atoms with Gasteiger partial charge in [-0.05, 0) is 36.2 Å². The lowest BCUT2D eigenvalue weighted by atomic mass is 10.1. The molecular formula is C24H26N4O. The number of carbonyl (C=O) groups excluding carboxylic acids is 1. The number of nitrogens with zero attached hydrogens (tertiary/aromatic N) is 3. The third kappa shape index (κ3) is 4.93. The van der Waals surface area contributed by atoms with E-state index in [9.17, 15) is 4.79 Å². The number of hydrogen-bond donors (Lipinski definition) is 1. The first-order chi connectivity index (χ1) is 14.3. The summed E-state index contributed by atoms with van der Waals surface area (Å²) in [7, 11) is 0. The molecule has 0 aliphatic carbocycles. The van der Waals surface area contributed by atoms with Crippen LogP contribution in [0.15, 0.2) is 79.0 Å². The Morgan fingerprint density at radius 3 is 2.14 bits per heavy atom. The lowest BCUT2D eigenvalue weighted by Gasteiger charge is -2.37. The van der Waals surface area contributed by atoms with Gasteiger partial charge in [-0.15, -0.1) is 0 Å². The molecule has 1 saturated heterocycles. The van der Waals surface area contributed by atoms with Crippen molar-refractivity contribution in [3.63, 3.8) is 0 Å². The predicted molar refractivity (Wildman–Crippen MR) is 118 cm³/mol. The van der Waals surface area contributed by atoms with E-state index in [-0.39, 0.29) is 5.91 Å². The lowest BCUT2D eigenvalue weighted by molar-refractivity contribution is 0.0949. The zero-order valence-electron chi connectivity index (χ0n) is 16.5. The zero-order chi connectivity index (χ0) is 19.9. The molecule has 0 atom stereocenters. The molecule has 1 amide bonds. The number of anilines is 2. The van der Waals surface area contributed by atoms with Gasteiger partial charge in [0.15, 0.2) is 0 Å². The Morgan fingerprint density at radius 2 is 1.45 bits per heavy atom. The van der Waals surface area contributed by atoms with E-state index in [0.29, 0.717) is 12.2 Å². The largest absolute Gasteiger partial charge is 0.368 e. The van der Waals surface area contributed by atoms with Crippen molar-refractivity contribution in [1.29, 1.82) is 0 Å². The Kier molecular flexibility index (Phi) is 6.05. The Bertz CT molecular complexity index is 922. The summed E-state index contributed by atoms with van der Waals surface area (Å²) in [6.07, 6.45) is 2.54. The Labute approximate surface area is 172 Å². The van der Waals surface area contributed by atoms with Gasteiger partial charge in [0.25, 0.3) is 5.91 Å². The number of nitrogens with one attached hydrogen (secondary N) is 1. The number of hydrogen-bond acceptors (Lipinski definition) is 4. The van der Waals surface area contributed by atoms with Crippen LogP contribution in [-0.2, 0) is 6.42 Å². The van der Waals surface area contributed by atoms with E-state index in [2.05, 4.69) is 56.5 Å². The first-order valence-electron chi connectivity index (χ1n) is 10.1. The van der Waals surface area contributed by atoms with Crippen LogP contribution in [0.5, 0.6) is 0 Å². The van der Waals surface area contributed by atoms with Crippen LogP contribution in [0.2, 0.25) is 0 Å². The second-order valence-corrected chi connectivity index (χ2v) is 7.20. The van der Waals surface area contributed by atoms with E-state index in [4.69, 9.17) is 0 Å². The first-order valence-corrected chi connectivity index (χ1v) is 10.1. The average Bonchev–Trinajstić information content (AvgIpc) is 2.80. The van der Waals surface area contributed by atoms with Crippen LogP contribution in [-0.4, -0.2) is 43.6 Å². The highest BCUT2D eigenvalue weighted by atomic mass is 16.1. The molecule has 5 heteroatoms. The molecule has 1 fully saturated rings. The highest BCUT2D eigenvalue weighted by Crippen LogP contribution is 2.20. The fraction of sp³-hybridized carbons (Fsp3) is 0.250. The maximum absolute atomic E-state index is 12.5. The molecule has 0 unspecified atom stereocenters. The van der Waals surface area contributed by atoms with E-state index in [1.54, 1.807) is 6.20 Å². The van der Waals surface area contributed by atoms with Gasteiger partial charge >= 0.3 is 0 Å². The van der Waals surface area contributed by atoms with Crippen LogP contribution in [0.3, 0.4) is 0 Å². The van der Waals surface area contributed by atoms with Gasteiger partial charge < -0.3 is 15.1 Å². The van der Waals surface area contributed by atoms with E-state index < -0.39 is 0 Å². The summed E-state index contributed by atoms with van der Waals surface area (Å²) < 4.78 is 0. The van der Waals surface area contributed by atoms with Crippen molar-refractivity contribution in [2.75, 3.05) is 42.5 Å². The zero-order valence-corrected chi connectivity index (χ0v) is 16.5. The average molecular weight is 386 g/mol. The maximum atomic E-state index is 12.5. The minimum atomic E-state index is -0.120. The number of para-hydroxylation sites is 1. The summed E-state index contributed by atoms with van der Waals surface area (Å²) in [6.45, 7) is 4.38. The van der Waals surface area contributed by atoms with Crippen molar-refractivity contribution in [3.05, 3.63) is 90.3 Å². The van der Waals surface area contributed by atoms with Gasteiger partial charge in [-0.3, -0.25) is 9.78 Å². The maximum Gasteiger partial charge on any atom is 0.269 e. The van der Waals surface area contributed by atoms with Crippen LogP contribution >= 0.6 is 0 Å². The molecule has 2 heterocycles. The summed E-state index contributed by atoms with van der Waals surface area (Å²) in [5.41, 5.74) is 4.01. The van der Waals surface area contributed by atoms with Crippen LogP contribution in [0, 0.1) is 0 Å². The summed E-state index contributed by atoms with van der Waals surface area (Å²) in [5.74, 6) is -0.120. The molecule has 2 aromatic carbocycles. The molecule has 5 nitrogen and oxygen atoms in total. The molecule has 0 radical (unpaired) electrons. The number of benzene rings is 2. The molecule has 0 spiro atoms. The molecule has 4 rings (SSSR count). The lowest BCUT2D eigenvalue weighted by Crippen LogP contribution is -2.46. The van der Waals surface area contributed by atoms with Crippen molar-refractivity contribution in [3.8, 4) is 0 Å². The van der Waals surface area contributed by atoms with Gasteiger partial charge in [-0.1, -0.05) is 48.5 Å². The summed E-state index contributed by atoms with van der Waals surface area (Å²) in [6, 6.07) is 24.6. The smallest absolute Gasteiger partial charge is 0.269 e. The van der Waals surface area contributed by atoms with Crippen molar-refractivity contribution >= 4 is 17.3 Å². The molecule has 1 aliphatic rings. The number of carbonyl (C=O) groups is 1. The topological polar surface area (TPSA) is 48.5 Å². The van der Waals surface area contributed by atoms with Crippen molar-refractivity contribution in [2.24, 2.45) is 0 Å². The standard InChI is InChI=1S/C24H26N4O/c29-24(26-13-11-20-7-3-1-4-8-20)23-19-22(12-14-25-23)28-17-15-27(16-18-28)21-9-5-2-6-10-21/h1-10,12,14,19H,11,13,15-18H2,(H,26,29). The van der Waals surface area contributed by atoms with Gasteiger partial charge in [0.05, 0.1) is 0 Å². The van der Waals surface area contributed by atoms with Crippen LogP contribution in [0.1, 0.15) is 16.1 Å². The second-order valence-electron chi connectivity index (χ2n) is 7.20. The molecule has 29 heavy (non-hydrogen) atoms. The Hall–Kier alpha value is -3.34. The Morgan fingerprint density at radius 1 is 0.828 bits per heavy atom. The minimum Gasteiger partial charge on any atom is -0.368 e. The van der Waals surface area contributed by atoms with Gasteiger partial charge in [-0.2, -0.15) is 0 Å². The molecule has 0 bridgehead atoms. The SMILES string of the molecule is O=C(NCCc1ccccc1)c1cc(N2CCN(c3ccccc3)CC2)ccn1. The second kappa shape index (κ2) is 9.24. The van der Waals surface area contributed by atoms with Crippen molar-refractivity contribution < 1.29 is 4.79 Å². The fourth-order valence-electron chi connectivity index (χ4n) is 3.66. The van der Waals surface area contributed by atoms with Crippen molar-refractivity contribution in [1.82, 2.24) is 10.3 Å². The molecule has 1 N–H and O–H groups in total. The predicted octanol–water partition coefficient (Wildman–Crippen LogP) is 3.38. The number of aromatic nitrogens is 1. The van der Waals surface area contributed by atoms with E-state index in [0.717, 1.165) is 38.3 Å². The minimum absolute atomic E-state index is 0.120.